The Morgan fingerprint density at radius 1 is 1.42 bits per heavy atom. The Labute approximate surface area is 121 Å². The van der Waals surface area contributed by atoms with Gasteiger partial charge in [-0.2, -0.15) is 0 Å². The Balaban J connectivity index is 2.03. The molecule has 5 nitrogen and oxygen atoms in total. The van der Waals surface area contributed by atoms with Crippen molar-refractivity contribution in [2.24, 2.45) is 0 Å². The summed E-state index contributed by atoms with van der Waals surface area (Å²) in [4.78, 5) is 21.5. The van der Waals surface area contributed by atoms with Crippen LogP contribution in [0.3, 0.4) is 0 Å². The van der Waals surface area contributed by atoms with Crippen LogP contribution in [-0.2, 0) is 17.7 Å². The minimum Gasteiger partial charge on any atom is -0.449 e. The lowest BCUT2D eigenvalue weighted by atomic mass is 10.1. The van der Waals surface area contributed by atoms with Gasteiger partial charge in [0.25, 0.3) is 0 Å². The van der Waals surface area contributed by atoms with Crippen LogP contribution in [0.25, 0.3) is 0 Å². The fourth-order valence-corrected chi connectivity index (χ4v) is 2.42. The summed E-state index contributed by atoms with van der Waals surface area (Å²) in [6, 6.07) is 0. The molecule has 0 spiro atoms. The second kappa shape index (κ2) is 6.39. The van der Waals surface area contributed by atoms with E-state index >= 15 is 0 Å². The van der Waals surface area contributed by atoms with Gasteiger partial charge in [-0.15, -0.1) is 0 Å². The van der Waals surface area contributed by atoms with Crippen LogP contribution in [0.5, 0.6) is 0 Å². The molecule has 1 amide bonds. The fraction of sp³-hybridized carbons (Fsp3) is 0.583. The Morgan fingerprint density at radius 2 is 2.21 bits per heavy atom. The summed E-state index contributed by atoms with van der Waals surface area (Å²) in [5.41, 5.74) is 1.56. The third-order valence-electron chi connectivity index (χ3n) is 2.97. The first-order chi connectivity index (χ1) is 9.11. The highest BCUT2D eigenvalue weighted by Crippen LogP contribution is 2.25. The van der Waals surface area contributed by atoms with Crippen LogP contribution in [0.15, 0.2) is 0 Å². The van der Waals surface area contributed by atoms with Crippen molar-refractivity contribution in [1.29, 1.82) is 0 Å². The van der Waals surface area contributed by atoms with Gasteiger partial charge in [0, 0.05) is 12.1 Å². The van der Waals surface area contributed by atoms with Crippen LogP contribution < -0.4 is 0 Å². The van der Waals surface area contributed by atoms with Gasteiger partial charge in [-0.05, 0) is 24.4 Å². The smallest absolute Gasteiger partial charge is 0.410 e. The predicted octanol–water partition coefficient (Wildman–Crippen LogP) is 3.08. The van der Waals surface area contributed by atoms with E-state index in [1.165, 1.54) is 0 Å². The molecule has 1 aliphatic heterocycles. The molecule has 0 saturated carbocycles. The van der Waals surface area contributed by atoms with Gasteiger partial charge in [0.05, 0.1) is 18.8 Å². The van der Waals surface area contributed by atoms with E-state index in [1.54, 1.807) is 4.90 Å². The number of halogens is 2. The molecule has 2 heterocycles. The molecular weight excluding hydrogens is 289 g/mol. The Bertz CT molecular complexity index is 482. The maximum Gasteiger partial charge on any atom is 0.410 e. The minimum absolute atomic E-state index is 0.102. The maximum absolute atomic E-state index is 11.8. The van der Waals surface area contributed by atoms with E-state index in [2.05, 4.69) is 9.97 Å². The molecule has 0 radical (unpaired) electrons. The van der Waals surface area contributed by atoms with Gasteiger partial charge < -0.3 is 9.64 Å². The lowest BCUT2D eigenvalue weighted by Gasteiger charge is -2.27. The lowest BCUT2D eigenvalue weighted by molar-refractivity contribution is 0.0959. The Hall–Kier alpha value is -1.07. The molecular formula is C12H15Cl2N3O2. The first kappa shape index (κ1) is 14.3. The molecule has 0 atom stereocenters. The van der Waals surface area contributed by atoms with Gasteiger partial charge in [0.1, 0.15) is 5.15 Å². The van der Waals surface area contributed by atoms with Crippen LogP contribution in [0.1, 0.15) is 31.0 Å². The molecule has 104 valence electrons. The van der Waals surface area contributed by atoms with Crippen LogP contribution in [0.2, 0.25) is 10.4 Å². The Morgan fingerprint density at radius 3 is 2.95 bits per heavy atom. The van der Waals surface area contributed by atoms with Gasteiger partial charge in [0.2, 0.25) is 5.28 Å². The fourth-order valence-electron chi connectivity index (χ4n) is 1.91. The summed E-state index contributed by atoms with van der Waals surface area (Å²) >= 11 is 11.8. The van der Waals surface area contributed by atoms with E-state index in [0.29, 0.717) is 37.0 Å². The predicted molar refractivity (Wildman–Crippen MR) is 72.4 cm³/mol. The van der Waals surface area contributed by atoms with Crippen molar-refractivity contribution in [2.75, 3.05) is 13.2 Å². The number of rotatable bonds is 3. The zero-order valence-electron chi connectivity index (χ0n) is 10.7. The number of carbonyl (C=O) groups excluding carboxylic acids is 1. The number of unbranched alkanes of at least 4 members (excludes halogenated alkanes) is 1. The SMILES string of the molecule is CCCCOC(=O)N1CCc2c(Cl)nc(Cl)nc2C1. The molecule has 0 bridgehead atoms. The van der Waals surface area contributed by atoms with Crippen LogP contribution in [-0.4, -0.2) is 34.1 Å². The van der Waals surface area contributed by atoms with Crippen LogP contribution in [0.4, 0.5) is 4.79 Å². The van der Waals surface area contributed by atoms with Gasteiger partial charge >= 0.3 is 6.09 Å². The van der Waals surface area contributed by atoms with E-state index < -0.39 is 0 Å². The number of hydrogen-bond donors (Lipinski definition) is 0. The van der Waals surface area contributed by atoms with Crippen LogP contribution in [0, 0.1) is 0 Å². The largest absolute Gasteiger partial charge is 0.449 e. The summed E-state index contributed by atoms with van der Waals surface area (Å²) in [6.07, 6.45) is 2.17. The highest BCUT2D eigenvalue weighted by atomic mass is 35.5. The summed E-state index contributed by atoms with van der Waals surface area (Å²) < 4.78 is 5.18. The van der Waals surface area contributed by atoms with E-state index in [0.717, 1.165) is 18.4 Å². The summed E-state index contributed by atoms with van der Waals surface area (Å²) in [7, 11) is 0. The molecule has 7 heteroatoms. The van der Waals surface area contributed by atoms with Gasteiger partial charge in [0.15, 0.2) is 0 Å². The summed E-state index contributed by atoms with van der Waals surface area (Å²) in [6.45, 7) is 3.42. The normalized spacial score (nSPS) is 14.2. The number of hydrogen-bond acceptors (Lipinski definition) is 4. The zero-order chi connectivity index (χ0) is 13.8. The number of amides is 1. The van der Waals surface area contributed by atoms with Crippen molar-refractivity contribution in [2.45, 2.75) is 32.7 Å². The first-order valence-corrected chi connectivity index (χ1v) is 7.00. The highest BCUT2D eigenvalue weighted by molar-refractivity contribution is 6.32. The van der Waals surface area contributed by atoms with Gasteiger partial charge in [-0.1, -0.05) is 24.9 Å². The monoisotopic (exact) mass is 303 g/mol. The maximum atomic E-state index is 11.8. The third kappa shape index (κ3) is 3.48. The zero-order valence-corrected chi connectivity index (χ0v) is 12.2. The minimum atomic E-state index is -0.315. The van der Waals surface area contributed by atoms with E-state index in [9.17, 15) is 4.79 Å². The number of carbonyl (C=O) groups is 1. The molecule has 0 aromatic carbocycles. The molecule has 1 aliphatic rings. The van der Waals surface area contributed by atoms with E-state index in [1.807, 2.05) is 6.92 Å². The van der Waals surface area contributed by atoms with Crippen molar-refractivity contribution in [1.82, 2.24) is 14.9 Å². The first-order valence-electron chi connectivity index (χ1n) is 6.24. The molecule has 1 aromatic rings. The molecule has 19 heavy (non-hydrogen) atoms. The van der Waals surface area contributed by atoms with Gasteiger partial charge in [-0.3, -0.25) is 0 Å². The molecule has 0 saturated heterocycles. The van der Waals surface area contributed by atoms with E-state index in [-0.39, 0.29) is 11.4 Å². The molecule has 0 N–H and O–H groups in total. The summed E-state index contributed by atoms with van der Waals surface area (Å²) in [5.74, 6) is 0. The number of aromatic nitrogens is 2. The highest BCUT2D eigenvalue weighted by Gasteiger charge is 2.25. The molecule has 1 aromatic heterocycles. The number of nitrogens with zero attached hydrogens (tertiary/aromatic N) is 3. The van der Waals surface area contributed by atoms with Gasteiger partial charge in [-0.25, -0.2) is 14.8 Å². The third-order valence-corrected chi connectivity index (χ3v) is 3.45. The average Bonchev–Trinajstić information content (AvgIpc) is 2.38. The van der Waals surface area contributed by atoms with E-state index in [4.69, 9.17) is 27.9 Å². The Kier molecular flexibility index (Phi) is 4.82. The standard InChI is InChI=1S/C12H15Cl2N3O2/c1-2-3-6-19-12(18)17-5-4-8-9(7-17)15-11(14)16-10(8)13/h2-7H2,1H3. The van der Waals surface area contributed by atoms with Crippen molar-refractivity contribution in [3.63, 3.8) is 0 Å². The quantitative estimate of drug-likeness (QED) is 0.489. The van der Waals surface area contributed by atoms with Crippen molar-refractivity contribution in [3.05, 3.63) is 21.7 Å². The lowest BCUT2D eigenvalue weighted by Crippen LogP contribution is -2.37. The number of ether oxygens (including phenoxy) is 1. The second-order valence-corrected chi connectivity index (χ2v) is 5.04. The number of fused-ring (bicyclic) bond motifs is 1. The van der Waals surface area contributed by atoms with Crippen molar-refractivity contribution < 1.29 is 9.53 Å². The second-order valence-electron chi connectivity index (χ2n) is 4.35. The molecule has 0 aliphatic carbocycles. The van der Waals surface area contributed by atoms with Crippen molar-refractivity contribution in [3.8, 4) is 0 Å². The topological polar surface area (TPSA) is 55.3 Å². The molecule has 2 rings (SSSR count). The molecule has 0 unspecified atom stereocenters. The average molecular weight is 304 g/mol. The summed E-state index contributed by atoms with van der Waals surface area (Å²) in [5, 5.41) is 0.471. The molecule has 0 fully saturated rings. The van der Waals surface area contributed by atoms with Crippen LogP contribution >= 0.6 is 23.2 Å². The van der Waals surface area contributed by atoms with Crippen molar-refractivity contribution >= 4 is 29.3 Å².